The molecule has 1 nitrogen and oxygen atoms in total. The van der Waals surface area contributed by atoms with Crippen molar-refractivity contribution in [1.29, 1.82) is 0 Å². The molecule has 0 bridgehead atoms. The second kappa shape index (κ2) is 5.61. The fourth-order valence-corrected chi connectivity index (χ4v) is 1.27. The minimum atomic E-state index is 0.589. The van der Waals surface area contributed by atoms with Crippen molar-refractivity contribution in [3.63, 3.8) is 0 Å². The Balaban J connectivity index is 2.53. The molecule has 0 spiro atoms. The van der Waals surface area contributed by atoms with E-state index in [1.54, 1.807) is 0 Å². The standard InChI is InChI=1S/C13H18O/c1-4-12-7-5-6-8-13(12)10-14-9-11(2)3/h4-8,11H,1,9-10H2,2-3H3. The molecule has 0 aliphatic carbocycles. The van der Waals surface area contributed by atoms with Gasteiger partial charge in [-0.3, -0.25) is 0 Å². The molecule has 0 radical (unpaired) electrons. The Labute approximate surface area is 86.4 Å². The summed E-state index contributed by atoms with van der Waals surface area (Å²) in [5, 5.41) is 0. The first-order valence-corrected chi connectivity index (χ1v) is 5.02. The third-order valence-electron chi connectivity index (χ3n) is 1.98. The van der Waals surface area contributed by atoms with E-state index >= 15 is 0 Å². The van der Waals surface area contributed by atoms with Crippen molar-refractivity contribution in [2.75, 3.05) is 6.61 Å². The molecule has 0 atom stereocenters. The van der Waals surface area contributed by atoms with Crippen LogP contribution >= 0.6 is 0 Å². The summed E-state index contributed by atoms with van der Waals surface area (Å²) in [5.74, 6) is 0.589. The maximum Gasteiger partial charge on any atom is 0.0722 e. The quantitative estimate of drug-likeness (QED) is 0.690. The van der Waals surface area contributed by atoms with Gasteiger partial charge in [-0.05, 0) is 17.0 Å². The molecule has 0 fully saturated rings. The zero-order chi connectivity index (χ0) is 10.4. The van der Waals surface area contributed by atoms with E-state index in [0.717, 1.165) is 12.2 Å². The van der Waals surface area contributed by atoms with Gasteiger partial charge in [0.2, 0.25) is 0 Å². The minimum Gasteiger partial charge on any atom is -0.376 e. The van der Waals surface area contributed by atoms with Crippen LogP contribution in [0.5, 0.6) is 0 Å². The van der Waals surface area contributed by atoms with Crippen molar-refractivity contribution in [1.82, 2.24) is 0 Å². The Hall–Kier alpha value is -1.08. The molecular weight excluding hydrogens is 172 g/mol. The van der Waals surface area contributed by atoms with Crippen LogP contribution in [-0.4, -0.2) is 6.61 Å². The number of ether oxygens (including phenoxy) is 1. The third-order valence-corrected chi connectivity index (χ3v) is 1.98. The number of rotatable bonds is 5. The molecule has 0 aromatic heterocycles. The molecule has 14 heavy (non-hydrogen) atoms. The fraction of sp³-hybridized carbons (Fsp3) is 0.385. The van der Waals surface area contributed by atoms with Crippen LogP contribution in [0.4, 0.5) is 0 Å². The molecular formula is C13H18O. The van der Waals surface area contributed by atoms with Crippen molar-refractivity contribution in [3.8, 4) is 0 Å². The molecule has 1 heteroatoms. The Morgan fingerprint density at radius 1 is 1.36 bits per heavy atom. The van der Waals surface area contributed by atoms with Gasteiger partial charge in [0, 0.05) is 6.61 Å². The molecule has 0 unspecified atom stereocenters. The number of hydrogen-bond donors (Lipinski definition) is 0. The summed E-state index contributed by atoms with van der Waals surface area (Å²) >= 11 is 0. The van der Waals surface area contributed by atoms with Gasteiger partial charge in [0.1, 0.15) is 0 Å². The second-order valence-corrected chi connectivity index (χ2v) is 3.81. The number of hydrogen-bond acceptors (Lipinski definition) is 1. The van der Waals surface area contributed by atoms with E-state index in [0.29, 0.717) is 12.5 Å². The van der Waals surface area contributed by atoms with E-state index in [1.807, 2.05) is 18.2 Å². The first kappa shape index (κ1) is 11.0. The lowest BCUT2D eigenvalue weighted by molar-refractivity contribution is 0.0970. The van der Waals surface area contributed by atoms with Gasteiger partial charge in [-0.25, -0.2) is 0 Å². The average molecular weight is 190 g/mol. The van der Waals surface area contributed by atoms with Crippen molar-refractivity contribution >= 4 is 6.08 Å². The Bertz CT molecular complexity index is 289. The summed E-state index contributed by atoms with van der Waals surface area (Å²) in [7, 11) is 0. The van der Waals surface area contributed by atoms with Gasteiger partial charge in [-0.15, -0.1) is 0 Å². The van der Waals surface area contributed by atoms with Gasteiger partial charge in [0.05, 0.1) is 6.61 Å². The lowest BCUT2D eigenvalue weighted by atomic mass is 10.1. The van der Waals surface area contributed by atoms with Crippen molar-refractivity contribution in [2.24, 2.45) is 5.92 Å². The lowest BCUT2D eigenvalue weighted by Crippen LogP contribution is -2.02. The van der Waals surface area contributed by atoms with E-state index in [4.69, 9.17) is 4.74 Å². The van der Waals surface area contributed by atoms with Crippen LogP contribution in [-0.2, 0) is 11.3 Å². The smallest absolute Gasteiger partial charge is 0.0722 e. The lowest BCUT2D eigenvalue weighted by Gasteiger charge is -2.08. The SMILES string of the molecule is C=Cc1ccccc1COCC(C)C. The van der Waals surface area contributed by atoms with Crippen LogP contribution < -0.4 is 0 Å². The van der Waals surface area contributed by atoms with Crippen molar-refractivity contribution < 1.29 is 4.74 Å². The van der Waals surface area contributed by atoms with Gasteiger partial charge >= 0.3 is 0 Å². The van der Waals surface area contributed by atoms with Gasteiger partial charge < -0.3 is 4.74 Å². The van der Waals surface area contributed by atoms with Crippen LogP contribution in [0.1, 0.15) is 25.0 Å². The zero-order valence-corrected chi connectivity index (χ0v) is 8.99. The molecule has 0 amide bonds. The van der Waals surface area contributed by atoms with E-state index in [-0.39, 0.29) is 0 Å². The number of benzene rings is 1. The Kier molecular flexibility index (Phi) is 4.41. The summed E-state index contributed by atoms with van der Waals surface area (Å²) in [6.07, 6.45) is 1.87. The third kappa shape index (κ3) is 3.35. The van der Waals surface area contributed by atoms with E-state index in [2.05, 4.69) is 32.6 Å². The summed E-state index contributed by atoms with van der Waals surface area (Å²) in [5.41, 5.74) is 2.37. The van der Waals surface area contributed by atoms with Crippen LogP contribution in [0.25, 0.3) is 6.08 Å². The summed E-state index contributed by atoms with van der Waals surface area (Å²) in [6, 6.07) is 8.18. The highest BCUT2D eigenvalue weighted by molar-refractivity contribution is 5.51. The molecule has 76 valence electrons. The van der Waals surface area contributed by atoms with Crippen LogP contribution in [0.15, 0.2) is 30.8 Å². The molecule has 1 rings (SSSR count). The normalized spacial score (nSPS) is 10.5. The zero-order valence-electron chi connectivity index (χ0n) is 8.99. The maximum atomic E-state index is 5.58. The summed E-state index contributed by atoms with van der Waals surface area (Å²) in [6.45, 7) is 9.58. The topological polar surface area (TPSA) is 9.23 Å². The first-order valence-electron chi connectivity index (χ1n) is 5.02. The predicted octanol–water partition coefficient (Wildman–Crippen LogP) is 3.50. The fourth-order valence-electron chi connectivity index (χ4n) is 1.27. The van der Waals surface area contributed by atoms with Gasteiger partial charge in [0.25, 0.3) is 0 Å². The second-order valence-electron chi connectivity index (χ2n) is 3.81. The Morgan fingerprint density at radius 2 is 2.07 bits per heavy atom. The molecule has 0 heterocycles. The van der Waals surface area contributed by atoms with Crippen molar-refractivity contribution in [3.05, 3.63) is 42.0 Å². The highest BCUT2D eigenvalue weighted by Crippen LogP contribution is 2.11. The van der Waals surface area contributed by atoms with Gasteiger partial charge in [0.15, 0.2) is 0 Å². The van der Waals surface area contributed by atoms with E-state index in [1.165, 1.54) is 5.56 Å². The average Bonchev–Trinajstić information content (AvgIpc) is 2.18. The predicted molar refractivity (Wildman–Crippen MR) is 61.0 cm³/mol. The van der Waals surface area contributed by atoms with Gasteiger partial charge in [-0.2, -0.15) is 0 Å². The van der Waals surface area contributed by atoms with E-state index < -0.39 is 0 Å². The summed E-state index contributed by atoms with van der Waals surface area (Å²) < 4.78 is 5.58. The Morgan fingerprint density at radius 3 is 2.71 bits per heavy atom. The minimum absolute atomic E-state index is 0.589. The monoisotopic (exact) mass is 190 g/mol. The highest BCUT2D eigenvalue weighted by Gasteiger charge is 1.99. The van der Waals surface area contributed by atoms with E-state index in [9.17, 15) is 0 Å². The molecule has 0 N–H and O–H groups in total. The largest absolute Gasteiger partial charge is 0.376 e. The molecule has 0 aliphatic heterocycles. The maximum absolute atomic E-state index is 5.58. The molecule has 0 aliphatic rings. The van der Waals surface area contributed by atoms with Gasteiger partial charge in [-0.1, -0.05) is 50.8 Å². The first-order chi connectivity index (χ1) is 6.74. The van der Waals surface area contributed by atoms with Crippen LogP contribution in [0.2, 0.25) is 0 Å². The van der Waals surface area contributed by atoms with Crippen LogP contribution in [0.3, 0.4) is 0 Å². The molecule has 0 saturated heterocycles. The highest BCUT2D eigenvalue weighted by atomic mass is 16.5. The molecule has 0 saturated carbocycles. The van der Waals surface area contributed by atoms with Crippen molar-refractivity contribution in [2.45, 2.75) is 20.5 Å². The summed E-state index contributed by atoms with van der Waals surface area (Å²) in [4.78, 5) is 0. The molecule has 1 aromatic rings. The molecule has 1 aromatic carbocycles. The van der Waals surface area contributed by atoms with Crippen LogP contribution in [0, 0.1) is 5.92 Å².